The van der Waals surface area contributed by atoms with Crippen LogP contribution < -0.4 is 0 Å². The van der Waals surface area contributed by atoms with Crippen molar-refractivity contribution in [2.75, 3.05) is 59.0 Å². The van der Waals surface area contributed by atoms with E-state index >= 15 is 0 Å². The van der Waals surface area contributed by atoms with E-state index in [1.807, 2.05) is 0 Å². The number of carbonyl (C=O) groups is 1. The molecule has 358 valence electrons. The molecule has 0 aromatic carbocycles. The van der Waals surface area contributed by atoms with E-state index in [1.165, 1.54) is 103 Å². The number of carbonyl (C=O) groups excluding carboxylic acids is 1. The average Bonchev–Trinajstić information content (AvgIpc) is 3.14. The molecule has 0 amide bonds. The Morgan fingerprint density at radius 3 is 1.40 bits per heavy atom. The molecular weight excluding hydrogens is 779 g/mol. The molecule has 0 radical (unpaired) electrons. The van der Waals surface area contributed by atoms with E-state index in [9.17, 15) is 9.90 Å². The molecule has 0 saturated carbocycles. The SMILES string of the molecule is CCCCCCCCCCC(CN(CCCC(=O)OCCN1CC(C)N(CCO)CC1C)CC(CCCCCCCCCC)O[Si](C)(C)C(C)(C)C)O[Si](C)(C)C(C)(C)C. The van der Waals surface area contributed by atoms with Crippen molar-refractivity contribution in [3.63, 3.8) is 0 Å². The first-order valence-electron chi connectivity index (χ1n) is 25.5. The summed E-state index contributed by atoms with van der Waals surface area (Å²) in [7, 11) is -4.02. The van der Waals surface area contributed by atoms with Crippen molar-refractivity contribution in [3.8, 4) is 0 Å². The van der Waals surface area contributed by atoms with Crippen LogP contribution in [0.2, 0.25) is 36.3 Å². The minimum Gasteiger partial charge on any atom is -0.464 e. The molecule has 4 unspecified atom stereocenters. The fraction of sp³-hybridized carbons (Fsp3) is 0.980. The number of esters is 1. The Morgan fingerprint density at radius 2 is 1.02 bits per heavy atom. The lowest BCUT2D eigenvalue weighted by molar-refractivity contribution is -0.144. The minimum atomic E-state index is -2.01. The lowest BCUT2D eigenvalue weighted by Crippen LogP contribution is -2.57. The summed E-state index contributed by atoms with van der Waals surface area (Å²) in [5.41, 5.74) is 0. The quantitative estimate of drug-likeness (QED) is 0.0383. The number of aliphatic hydroxyl groups excluding tert-OH is 1. The van der Waals surface area contributed by atoms with Gasteiger partial charge in [-0.25, -0.2) is 0 Å². The zero-order chi connectivity index (χ0) is 45.2. The highest BCUT2D eigenvalue weighted by Crippen LogP contribution is 2.39. The summed E-state index contributed by atoms with van der Waals surface area (Å²) >= 11 is 0. The van der Waals surface area contributed by atoms with Crippen LogP contribution in [0.25, 0.3) is 0 Å². The third kappa shape index (κ3) is 24.7. The van der Waals surface area contributed by atoms with Gasteiger partial charge < -0.3 is 18.7 Å². The predicted octanol–water partition coefficient (Wildman–Crippen LogP) is 12.8. The van der Waals surface area contributed by atoms with Crippen molar-refractivity contribution >= 4 is 22.6 Å². The summed E-state index contributed by atoms with van der Waals surface area (Å²) in [6.07, 6.45) is 24.9. The molecule has 0 spiro atoms. The fourth-order valence-corrected chi connectivity index (χ4v) is 11.0. The van der Waals surface area contributed by atoms with Gasteiger partial charge in [-0.15, -0.1) is 0 Å². The molecule has 4 atom stereocenters. The lowest BCUT2D eigenvalue weighted by atomic mass is 10.0. The number of rotatable bonds is 35. The van der Waals surface area contributed by atoms with Crippen molar-refractivity contribution in [2.24, 2.45) is 0 Å². The number of hydrogen-bond donors (Lipinski definition) is 1. The highest BCUT2D eigenvalue weighted by Gasteiger charge is 2.41. The van der Waals surface area contributed by atoms with Crippen LogP contribution in [0.1, 0.15) is 198 Å². The Bertz CT molecular complexity index is 1030. The van der Waals surface area contributed by atoms with Gasteiger partial charge >= 0.3 is 5.97 Å². The van der Waals surface area contributed by atoms with E-state index in [2.05, 4.69) is 110 Å². The van der Waals surface area contributed by atoms with Crippen LogP contribution in [0.15, 0.2) is 0 Å². The zero-order valence-electron chi connectivity index (χ0n) is 42.7. The lowest BCUT2D eigenvalue weighted by Gasteiger charge is -2.43. The smallest absolute Gasteiger partial charge is 0.305 e. The molecule has 1 N–H and O–H groups in total. The number of nitrogens with zero attached hydrogens (tertiary/aromatic N) is 3. The van der Waals surface area contributed by atoms with Crippen molar-refractivity contribution < 1.29 is 23.5 Å². The van der Waals surface area contributed by atoms with Crippen molar-refractivity contribution in [1.82, 2.24) is 14.7 Å². The van der Waals surface area contributed by atoms with Crippen LogP contribution >= 0.6 is 0 Å². The molecule has 1 fully saturated rings. The summed E-state index contributed by atoms with van der Waals surface area (Å²) in [6, 6.07) is 0.759. The molecule has 1 rings (SSSR count). The molecule has 1 saturated heterocycles. The van der Waals surface area contributed by atoms with Crippen LogP contribution in [0, 0.1) is 0 Å². The number of ether oxygens (including phenoxy) is 1. The Balaban J connectivity index is 3.15. The van der Waals surface area contributed by atoms with Gasteiger partial charge in [-0.2, -0.15) is 0 Å². The number of aliphatic hydroxyl groups is 1. The Morgan fingerprint density at radius 1 is 0.633 bits per heavy atom. The predicted molar refractivity (Wildman–Crippen MR) is 264 cm³/mol. The molecule has 60 heavy (non-hydrogen) atoms. The number of β-amino-alcohol motifs (C(OH)–C–C–N with tert-alkyl or cyclic N) is 1. The van der Waals surface area contributed by atoms with Crippen molar-refractivity contribution in [2.45, 2.75) is 258 Å². The van der Waals surface area contributed by atoms with E-state index < -0.39 is 16.6 Å². The Hall–Kier alpha value is -0.336. The molecule has 0 aromatic rings. The second kappa shape index (κ2) is 30.7. The van der Waals surface area contributed by atoms with Gasteiger partial charge in [0.2, 0.25) is 0 Å². The normalized spacial score (nSPS) is 18.7. The maximum atomic E-state index is 13.2. The Kier molecular flexibility index (Phi) is 29.5. The van der Waals surface area contributed by atoms with Gasteiger partial charge in [0.1, 0.15) is 6.61 Å². The molecule has 1 aliphatic rings. The minimum absolute atomic E-state index is 0.0874. The maximum Gasteiger partial charge on any atom is 0.305 e. The molecular formula is C50H105N3O5Si2. The molecule has 8 nitrogen and oxygen atoms in total. The summed E-state index contributed by atoms with van der Waals surface area (Å²) in [5.74, 6) is -0.0874. The van der Waals surface area contributed by atoms with Crippen LogP contribution in [-0.4, -0.2) is 126 Å². The van der Waals surface area contributed by atoms with E-state index in [4.69, 9.17) is 13.6 Å². The van der Waals surface area contributed by atoms with E-state index in [-0.39, 0.29) is 34.9 Å². The van der Waals surface area contributed by atoms with Crippen LogP contribution in [0.5, 0.6) is 0 Å². The summed E-state index contributed by atoms with van der Waals surface area (Å²) in [6.45, 7) is 39.5. The van der Waals surface area contributed by atoms with E-state index in [1.54, 1.807) is 0 Å². The number of hydrogen-bond acceptors (Lipinski definition) is 8. The van der Waals surface area contributed by atoms with Gasteiger partial charge in [0.15, 0.2) is 16.6 Å². The molecule has 0 bridgehead atoms. The largest absolute Gasteiger partial charge is 0.464 e. The van der Waals surface area contributed by atoms with E-state index in [0.717, 1.165) is 65.1 Å². The first-order valence-corrected chi connectivity index (χ1v) is 31.3. The second-order valence-electron chi connectivity index (χ2n) is 22.0. The van der Waals surface area contributed by atoms with Gasteiger partial charge in [0.25, 0.3) is 0 Å². The van der Waals surface area contributed by atoms with Gasteiger partial charge in [0.05, 0.1) is 18.8 Å². The first kappa shape index (κ1) is 57.7. The van der Waals surface area contributed by atoms with E-state index in [0.29, 0.717) is 25.1 Å². The van der Waals surface area contributed by atoms with Crippen LogP contribution in [0.3, 0.4) is 0 Å². The molecule has 0 aliphatic carbocycles. The average molecular weight is 885 g/mol. The third-order valence-electron chi connectivity index (χ3n) is 14.3. The molecule has 0 aromatic heterocycles. The molecule has 10 heteroatoms. The van der Waals surface area contributed by atoms with Gasteiger partial charge in [-0.3, -0.25) is 19.5 Å². The highest BCUT2D eigenvalue weighted by atomic mass is 28.4. The topological polar surface area (TPSA) is 74.7 Å². The maximum absolute atomic E-state index is 13.2. The van der Waals surface area contributed by atoms with Crippen LogP contribution in [-0.2, 0) is 18.4 Å². The monoisotopic (exact) mass is 884 g/mol. The van der Waals surface area contributed by atoms with Crippen LogP contribution in [0.4, 0.5) is 0 Å². The summed E-state index contributed by atoms with van der Waals surface area (Å²) < 4.78 is 20.5. The standard InChI is InChI=1S/C50H105N3O5Si2/c1-15-17-19-21-23-25-27-29-32-46(57-59(11,12)49(5,6)7)42-51(35-31-34-48(55)56-39-37-53-41-44(3)52(36-38-54)40-45(53)4)43-47(58-60(13,14)50(8,9)10)33-30-28-26-24-22-20-18-16-2/h44-47,54H,15-43H2,1-14H3. The highest BCUT2D eigenvalue weighted by molar-refractivity contribution is 6.74. The van der Waals surface area contributed by atoms with Crippen molar-refractivity contribution in [1.29, 1.82) is 0 Å². The summed E-state index contributed by atoms with van der Waals surface area (Å²) in [5, 5.41) is 9.76. The zero-order valence-corrected chi connectivity index (χ0v) is 44.7. The Labute approximate surface area is 376 Å². The van der Waals surface area contributed by atoms with Gasteiger partial charge in [-0.1, -0.05) is 158 Å². The summed E-state index contributed by atoms with van der Waals surface area (Å²) in [4.78, 5) is 20.6. The first-order chi connectivity index (χ1) is 28.2. The third-order valence-corrected chi connectivity index (χ3v) is 23.4. The van der Waals surface area contributed by atoms with Crippen molar-refractivity contribution in [3.05, 3.63) is 0 Å². The fourth-order valence-electron chi connectivity index (χ4n) is 8.22. The number of unbranched alkanes of at least 4 members (excludes halogenated alkanes) is 14. The van der Waals surface area contributed by atoms with Gasteiger partial charge in [-0.05, 0) is 75.9 Å². The second-order valence-corrected chi connectivity index (χ2v) is 31.5. The van der Waals surface area contributed by atoms with Gasteiger partial charge in [0, 0.05) is 57.8 Å². The number of piperazine rings is 1. The molecule has 1 heterocycles. The molecule has 1 aliphatic heterocycles.